The number of nitrogens with two attached hydrogens (primary N) is 3. The van der Waals surface area contributed by atoms with Gasteiger partial charge in [-0.1, -0.05) is 0 Å². The van der Waals surface area contributed by atoms with Gasteiger partial charge in [-0.25, -0.2) is 4.98 Å². The molecule has 0 aliphatic heterocycles. The Hall–Kier alpha value is -4.27. The zero-order valence-electron chi connectivity index (χ0n) is 19.4. The Morgan fingerprint density at radius 1 is 0.944 bits per heavy atom. The maximum atomic E-state index is 10.6. The third kappa shape index (κ3) is 10.3. The van der Waals surface area contributed by atoms with E-state index < -0.39 is 36.0 Å². The molecule has 14 nitrogen and oxygen atoms in total. The number of Topliss-reactive ketones (excluding diaryl/α,β-unsaturated/α-hetero) is 1. The van der Waals surface area contributed by atoms with Crippen LogP contribution in [0.4, 0.5) is 0 Å². The van der Waals surface area contributed by atoms with Gasteiger partial charge in [0.1, 0.15) is 23.6 Å². The molecule has 0 fully saturated rings. The van der Waals surface area contributed by atoms with Crippen LogP contribution in [0, 0.1) is 0 Å². The summed E-state index contributed by atoms with van der Waals surface area (Å²) in [6.07, 6.45) is 5.00. The summed E-state index contributed by atoms with van der Waals surface area (Å²) in [4.78, 5) is 50.6. The number of aromatic nitrogens is 3. The standard InChI is InChI=1S/C11H12N2O3.C6H9N3O2.C5H9NO3/c12-9(11(15)16)3-6-5-13-10-2-1-7(14)4-8(6)10;7-5(6(10)11)1-4-2-8-3-9-4;1-3(7)4(6)2-5(8)9/h1-2,4-5,9,13-14H,3,12H2,(H,15,16);2-3,5H,1,7H2,(H,8,9)(H,10,11);4H,2,6H2,1H3,(H,8,9)/t9-;5-;4-/m001/s1. The Morgan fingerprint density at radius 3 is 2.03 bits per heavy atom. The van der Waals surface area contributed by atoms with E-state index in [2.05, 4.69) is 15.0 Å². The van der Waals surface area contributed by atoms with Gasteiger partial charge in [0.05, 0.1) is 18.8 Å². The SMILES string of the molecule is CC(=O)[C@H](N)CC(=O)O.N[C@@H](Cc1c[nH]c2ccc(O)cc12)C(=O)O.N[C@@H](Cc1cnc[nH]1)C(=O)O. The average Bonchev–Trinajstić information content (AvgIpc) is 3.44. The lowest BCUT2D eigenvalue weighted by Crippen LogP contribution is -2.32. The summed E-state index contributed by atoms with van der Waals surface area (Å²) in [5.41, 5.74) is 18.2. The van der Waals surface area contributed by atoms with E-state index in [1.807, 2.05) is 0 Å². The number of carboxylic acids is 3. The summed E-state index contributed by atoms with van der Waals surface area (Å²) >= 11 is 0. The number of aliphatic carboxylic acids is 3. The van der Waals surface area contributed by atoms with E-state index in [9.17, 15) is 24.3 Å². The summed E-state index contributed by atoms with van der Waals surface area (Å²) in [5.74, 6) is -3.22. The van der Waals surface area contributed by atoms with Crippen LogP contribution in [0.15, 0.2) is 36.9 Å². The van der Waals surface area contributed by atoms with Gasteiger partial charge in [0, 0.05) is 41.8 Å². The zero-order chi connectivity index (χ0) is 27.4. The molecule has 12 N–H and O–H groups in total. The lowest BCUT2D eigenvalue weighted by molar-refractivity contribution is -0.139. The van der Waals surface area contributed by atoms with Crippen molar-refractivity contribution in [1.29, 1.82) is 0 Å². The maximum absolute atomic E-state index is 10.6. The van der Waals surface area contributed by atoms with Crippen LogP contribution < -0.4 is 17.2 Å². The third-order valence-corrected chi connectivity index (χ3v) is 4.74. The molecule has 14 heteroatoms. The second kappa shape index (κ2) is 14.2. The Kier molecular flexibility index (Phi) is 11.7. The lowest BCUT2D eigenvalue weighted by Gasteiger charge is -2.04. The third-order valence-electron chi connectivity index (χ3n) is 4.74. The number of aromatic amines is 2. The second-order valence-corrected chi connectivity index (χ2v) is 7.73. The highest BCUT2D eigenvalue weighted by Crippen LogP contribution is 2.23. The molecule has 0 saturated heterocycles. The Labute approximate surface area is 205 Å². The van der Waals surface area contributed by atoms with Crippen LogP contribution in [0.3, 0.4) is 0 Å². The van der Waals surface area contributed by atoms with Crippen LogP contribution in [-0.2, 0) is 32.0 Å². The molecule has 0 aliphatic carbocycles. The number of carbonyl (C=O) groups excluding carboxylic acids is 1. The highest BCUT2D eigenvalue weighted by molar-refractivity contribution is 5.86. The molecule has 0 spiro atoms. The van der Waals surface area contributed by atoms with Gasteiger partial charge < -0.3 is 47.6 Å². The molecule has 1 aromatic carbocycles. The molecule has 36 heavy (non-hydrogen) atoms. The first-order valence-electron chi connectivity index (χ1n) is 10.5. The fraction of sp³-hybridized carbons (Fsp3) is 0.318. The number of H-pyrrole nitrogens is 2. The highest BCUT2D eigenvalue weighted by atomic mass is 16.4. The van der Waals surface area contributed by atoms with Gasteiger partial charge in [0.15, 0.2) is 0 Å². The molecule has 0 aliphatic rings. The summed E-state index contributed by atoms with van der Waals surface area (Å²) in [7, 11) is 0. The van der Waals surface area contributed by atoms with Crippen LogP contribution in [0.25, 0.3) is 10.9 Å². The molecule has 2 heterocycles. The number of benzene rings is 1. The highest BCUT2D eigenvalue weighted by Gasteiger charge is 2.15. The van der Waals surface area contributed by atoms with Crippen molar-refractivity contribution < 1.29 is 39.6 Å². The normalized spacial score (nSPS) is 12.8. The summed E-state index contributed by atoms with van der Waals surface area (Å²) in [6, 6.07) is 2.27. The van der Waals surface area contributed by atoms with Gasteiger partial charge in [-0.15, -0.1) is 0 Å². The predicted molar refractivity (Wildman–Crippen MR) is 128 cm³/mol. The van der Waals surface area contributed by atoms with E-state index in [1.54, 1.807) is 30.6 Å². The molecule has 3 rings (SSSR count). The van der Waals surface area contributed by atoms with Crippen LogP contribution in [0.2, 0.25) is 0 Å². The number of imidazole rings is 1. The maximum Gasteiger partial charge on any atom is 0.320 e. The van der Waals surface area contributed by atoms with E-state index in [0.717, 1.165) is 22.2 Å². The van der Waals surface area contributed by atoms with Gasteiger partial charge >= 0.3 is 17.9 Å². The van der Waals surface area contributed by atoms with Gasteiger partial charge in [-0.05, 0) is 30.7 Å². The predicted octanol–water partition coefficient (Wildman–Crippen LogP) is -0.431. The van der Waals surface area contributed by atoms with Crippen LogP contribution >= 0.6 is 0 Å². The number of carbonyl (C=O) groups is 4. The number of hydrogen-bond donors (Lipinski definition) is 9. The van der Waals surface area contributed by atoms with Crippen molar-refractivity contribution in [1.82, 2.24) is 15.0 Å². The number of phenols is 1. The minimum atomic E-state index is -1.04. The molecular weight excluding hydrogens is 476 g/mol. The first-order chi connectivity index (χ1) is 16.8. The number of nitrogens with one attached hydrogen (secondary N) is 2. The molecule has 0 radical (unpaired) electrons. The molecule has 3 atom stereocenters. The smallest absolute Gasteiger partial charge is 0.320 e. The fourth-order valence-corrected chi connectivity index (χ4v) is 2.71. The molecule has 2 aromatic heterocycles. The van der Waals surface area contributed by atoms with E-state index in [1.165, 1.54) is 13.3 Å². The Bertz CT molecular complexity index is 1160. The molecule has 0 bridgehead atoms. The molecule has 196 valence electrons. The first kappa shape index (κ1) is 29.8. The molecule has 0 saturated carbocycles. The molecule has 0 amide bonds. The number of nitrogens with zero attached hydrogens (tertiary/aromatic N) is 1. The van der Waals surface area contributed by atoms with Crippen molar-refractivity contribution in [2.75, 3.05) is 0 Å². The monoisotopic (exact) mass is 506 g/mol. The minimum Gasteiger partial charge on any atom is -0.508 e. The Balaban J connectivity index is 0.000000286. The minimum absolute atomic E-state index is 0.150. The zero-order valence-corrected chi connectivity index (χ0v) is 19.4. The van der Waals surface area contributed by atoms with Crippen molar-refractivity contribution in [2.45, 2.75) is 44.3 Å². The number of fused-ring (bicyclic) bond motifs is 1. The van der Waals surface area contributed by atoms with Gasteiger partial charge in [0.2, 0.25) is 0 Å². The quantitative estimate of drug-likeness (QED) is 0.179. The number of hydrogen-bond acceptors (Lipinski definition) is 9. The summed E-state index contributed by atoms with van der Waals surface area (Å²) < 4.78 is 0. The number of aromatic hydroxyl groups is 1. The van der Waals surface area contributed by atoms with E-state index in [0.29, 0.717) is 0 Å². The molecule has 0 unspecified atom stereocenters. The van der Waals surface area contributed by atoms with Crippen LogP contribution in [0.1, 0.15) is 24.6 Å². The second-order valence-electron chi connectivity index (χ2n) is 7.73. The largest absolute Gasteiger partial charge is 0.508 e. The molecular formula is C22H30N6O8. The topological polar surface area (TPSA) is 272 Å². The number of carboxylic acid groups (broad SMARTS) is 3. The van der Waals surface area contributed by atoms with Crippen molar-refractivity contribution in [3.63, 3.8) is 0 Å². The fourth-order valence-electron chi connectivity index (χ4n) is 2.71. The average molecular weight is 507 g/mol. The van der Waals surface area contributed by atoms with Gasteiger partial charge in [-0.3, -0.25) is 19.2 Å². The van der Waals surface area contributed by atoms with Gasteiger partial charge in [0.25, 0.3) is 0 Å². The van der Waals surface area contributed by atoms with Crippen molar-refractivity contribution in [3.8, 4) is 5.75 Å². The Morgan fingerprint density at radius 2 is 1.56 bits per heavy atom. The van der Waals surface area contributed by atoms with Crippen molar-refractivity contribution >= 4 is 34.6 Å². The number of ketones is 1. The molecule has 3 aromatic rings. The summed E-state index contributed by atoms with van der Waals surface area (Å²) in [6.45, 7) is 1.27. The van der Waals surface area contributed by atoms with Crippen LogP contribution in [-0.4, -0.2) is 77.2 Å². The van der Waals surface area contributed by atoms with E-state index >= 15 is 0 Å². The lowest BCUT2D eigenvalue weighted by atomic mass is 10.1. The van der Waals surface area contributed by atoms with Crippen molar-refractivity contribution in [3.05, 3.63) is 48.2 Å². The first-order valence-corrected chi connectivity index (χ1v) is 10.5. The van der Waals surface area contributed by atoms with Gasteiger partial charge in [-0.2, -0.15) is 0 Å². The summed E-state index contributed by atoms with van der Waals surface area (Å²) in [5, 5.41) is 35.4. The van der Waals surface area contributed by atoms with E-state index in [4.69, 9.17) is 32.5 Å². The van der Waals surface area contributed by atoms with Crippen LogP contribution in [0.5, 0.6) is 5.75 Å². The van der Waals surface area contributed by atoms with Crippen molar-refractivity contribution in [2.24, 2.45) is 17.2 Å². The number of rotatable bonds is 9. The number of phenolic OH excluding ortho intramolecular Hbond substituents is 1. The van der Waals surface area contributed by atoms with E-state index in [-0.39, 0.29) is 30.8 Å².